The largest absolute Gasteiger partial charge is 0.352 e. The van der Waals surface area contributed by atoms with E-state index in [1.54, 1.807) is 18.2 Å². The molecular weight excluding hydrogens is 314 g/mol. The van der Waals surface area contributed by atoms with E-state index in [-0.39, 0.29) is 24.3 Å². The van der Waals surface area contributed by atoms with Crippen molar-refractivity contribution in [3.63, 3.8) is 0 Å². The molecule has 2 rings (SSSR count). The van der Waals surface area contributed by atoms with Crippen molar-refractivity contribution in [2.45, 2.75) is 31.7 Å². The topological polar surface area (TPSA) is 99.1 Å². The molecule has 2 unspecified atom stereocenters. The van der Waals surface area contributed by atoms with Crippen LogP contribution in [-0.2, 0) is 16.4 Å². The van der Waals surface area contributed by atoms with Crippen LogP contribution in [0, 0.1) is 17.2 Å². The zero-order chi connectivity index (χ0) is 16.9. The highest BCUT2D eigenvalue weighted by atomic mass is 32.2. The molecule has 2 N–H and O–H groups in total. The Balaban J connectivity index is 1.93. The molecule has 0 heterocycles. The fourth-order valence-corrected chi connectivity index (χ4v) is 3.81. The summed E-state index contributed by atoms with van der Waals surface area (Å²) in [6, 6.07) is 8.92. The van der Waals surface area contributed by atoms with Gasteiger partial charge in [0.1, 0.15) is 0 Å². The van der Waals surface area contributed by atoms with Gasteiger partial charge in [-0.15, -0.1) is 0 Å². The number of carbonyl (C=O) groups is 1. The zero-order valence-electron chi connectivity index (χ0n) is 13.1. The molecule has 124 valence electrons. The van der Waals surface area contributed by atoms with Crippen molar-refractivity contribution in [1.29, 1.82) is 5.26 Å². The summed E-state index contributed by atoms with van der Waals surface area (Å²) in [5.41, 5.74) is 1.32. The molecule has 1 aliphatic rings. The van der Waals surface area contributed by atoms with E-state index in [0.29, 0.717) is 12.1 Å². The van der Waals surface area contributed by atoms with Gasteiger partial charge >= 0.3 is 0 Å². The van der Waals surface area contributed by atoms with E-state index in [1.807, 2.05) is 6.07 Å². The number of nitrogens with zero attached hydrogens (tertiary/aromatic N) is 1. The predicted octanol–water partition coefficient (Wildman–Crippen LogP) is 1.20. The Morgan fingerprint density at radius 1 is 1.39 bits per heavy atom. The third kappa shape index (κ3) is 5.34. The van der Waals surface area contributed by atoms with Crippen molar-refractivity contribution in [1.82, 2.24) is 10.0 Å². The van der Waals surface area contributed by atoms with Crippen molar-refractivity contribution in [3.05, 3.63) is 35.4 Å². The lowest BCUT2D eigenvalue weighted by Crippen LogP contribution is -2.41. The Hall–Kier alpha value is -1.91. The molecule has 23 heavy (non-hydrogen) atoms. The summed E-state index contributed by atoms with van der Waals surface area (Å²) in [6.45, 7) is 0.439. The first-order valence-corrected chi connectivity index (χ1v) is 9.49. The number of hydrogen-bond donors (Lipinski definition) is 2. The Bertz CT molecular complexity index is 710. The van der Waals surface area contributed by atoms with E-state index in [2.05, 4.69) is 16.1 Å². The lowest BCUT2D eigenvalue weighted by Gasteiger charge is -2.20. The van der Waals surface area contributed by atoms with Crippen LogP contribution in [0.25, 0.3) is 0 Å². The van der Waals surface area contributed by atoms with Crippen molar-refractivity contribution in [2.75, 3.05) is 12.8 Å². The summed E-state index contributed by atoms with van der Waals surface area (Å²) in [6.07, 6.45) is 4.06. The smallest absolute Gasteiger partial charge is 0.251 e. The molecule has 1 aromatic carbocycles. The fraction of sp³-hybridized carbons (Fsp3) is 0.500. The van der Waals surface area contributed by atoms with Gasteiger partial charge in [-0.2, -0.15) is 5.26 Å². The molecule has 1 aliphatic carbocycles. The van der Waals surface area contributed by atoms with Gasteiger partial charge in [-0.1, -0.05) is 18.6 Å². The maximum absolute atomic E-state index is 12.2. The molecule has 0 spiro atoms. The average molecular weight is 335 g/mol. The Labute approximate surface area is 136 Å². The van der Waals surface area contributed by atoms with E-state index in [9.17, 15) is 13.2 Å². The first-order chi connectivity index (χ1) is 10.9. The van der Waals surface area contributed by atoms with E-state index >= 15 is 0 Å². The number of rotatable bonds is 6. The minimum absolute atomic E-state index is 0.107. The quantitative estimate of drug-likeness (QED) is 0.816. The lowest BCUT2D eigenvalue weighted by molar-refractivity contribution is 0.0946. The molecular formula is C16H21N3O3S. The number of nitrogens with one attached hydrogen (secondary N) is 2. The third-order valence-corrected chi connectivity index (χ3v) is 4.75. The van der Waals surface area contributed by atoms with Gasteiger partial charge in [0, 0.05) is 18.2 Å². The lowest BCUT2D eigenvalue weighted by atomic mass is 10.0. The van der Waals surface area contributed by atoms with Gasteiger partial charge in [0.25, 0.3) is 5.91 Å². The number of carbonyl (C=O) groups excluding carboxylic acids is 1. The van der Waals surface area contributed by atoms with Crippen LogP contribution in [0.15, 0.2) is 24.3 Å². The van der Waals surface area contributed by atoms with Crippen LogP contribution < -0.4 is 10.0 Å². The number of amides is 1. The number of benzene rings is 1. The minimum atomic E-state index is -3.24. The summed E-state index contributed by atoms with van der Waals surface area (Å²) in [5.74, 6) is -0.0919. The zero-order valence-corrected chi connectivity index (χ0v) is 13.9. The summed E-state index contributed by atoms with van der Waals surface area (Å²) < 4.78 is 25.4. The number of hydrogen-bond acceptors (Lipinski definition) is 4. The van der Waals surface area contributed by atoms with Gasteiger partial charge < -0.3 is 5.32 Å². The molecule has 0 aromatic heterocycles. The second kappa shape index (κ2) is 7.57. The molecule has 1 aromatic rings. The van der Waals surface area contributed by atoms with E-state index in [1.165, 1.54) is 0 Å². The maximum atomic E-state index is 12.2. The summed E-state index contributed by atoms with van der Waals surface area (Å²) in [7, 11) is -3.24. The Kier molecular flexibility index (Phi) is 5.74. The molecule has 0 bridgehead atoms. The average Bonchev–Trinajstić information content (AvgIpc) is 2.90. The van der Waals surface area contributed by atoms with Crippen LogP contribution in [0.2, 0.25) is 0 Å². The van der Waals surface area contributed by atoms with Crippen molar-refractivity contribution < 1.29 is 13.2 Å². The normalized spacial score (nSPS) is 20.9. The van der Waals surface area contributed by atoms with E-state index < -0.39 is 10.0 Å². The van der Waals surface area contributed by atoms with Crippen LogP contribution in [0.5, 0.6) is 0 Å². The second-order valence-electron chi connectivity index (χ2n) is 5.93. The molecule has 0 aliphatic heterocycles. The van der Waals surface area contributed by atoms with Gasteiger partial charge in [0.2, 0.25) is 10.0 Å². The van der Waals surface area contributed by atoms with Gasteiger partial charge in [-0.3, -0.25) is 4.79 Å². The van der Waals surface area contributed by atoms with Gasteiger partial charge in [-0.05, 0) is 36.5 Å². The SMILES string of the molecule is CS(=O)(=O)NC1CCCC1CNC(=O)c1cccc(CC#N)c1. The molecule has 1 saturated carbocycles. The molecule has 0 saturated heterocycles. The molecule has 2 atom stereocenters. The number of nitriles is 1. The van der Waals surface area contributed by atoms with Crippen molar-refractivity contribution in [3.8, 4) is 6.07 Å². The van der Waals surface area contributed by atoms with Gasteiger partial charge in [0.15, 0.2) is 0 Å². The third-order valence-electron chi connectivity index (χ3n) is 4.02. The second-order valence-corrected chi connectivity index (χ2v) is 7.71. The van der Waals surface area contributed by atoms with Gasteiger partial charge in [-0.25, -0.2) is 13.1 Å². The van der Waals surface area contributed by atoms with Crippen LogP contribution >= 0.6 is 0 Å². The molecule has 7 heteroatoms. The predicted molar refractivity (Wildman–Crippen MR) is 87.2 cm³/mol. The number of sulfonamides is 1. The maximum Gasteiger partial charge on any atom is 0.251 e. The fourth-order valence-electron chi connectivity index (χ4n) is 2.95. The summed E-state index contributed by atoms with van der Waals surface area (Å²) >= 11 is 0. The first kappa shape index (κ1) is 17.4. The molecule has 6 nitrogen and oxygen atoms in total. The van der Waals surface area contributed by atoms with Crippen molar-refractivity contribution in [2.24, 2.45) is 5.92 Å². The van der Waals surface area contributed by atoms with E-state index in [0.717, 1.165) is 31.1 Å². The Morgan fingerprint density at radius 2 is 2.17 bits per heavy atom. The molecule has 1 fully saturated rings. The molecule has 0 radical (unpaired) electrons. The highest BCUT2D eigenvalue weighted by molar-refractivity contribution is 7.88. The van der Waals surface area contributed by atoms with Crippen LogP contribution in [0.1, 0.15) is 35.2 Å². The standard InChI is InChI=1S/C16H21N3O3S/c1-23(21,22)19-15-7-3-6-14(15)11-18-16(20)13-5-2-4-12(10-13)8-9-17/h2,4-5,10,14-15,19H,3,6-8,11H2,1H3,(H,18,20). The highest BCUT2D eigenvalue weighted by Crippen LogP contribution is 2.25. The van der Waals surface area contributed by atoms with E-state index in [4.69, 9.17) is 5.26 Å². The van der Waals surface area contributed by atoms with Crippen LogP contribution in [0.4, 0.5) is 0 Å². The summed E-state index contributed by atoms with van der Waals surface area (Å²) in [5, 5.41) is 11.6. The van der Waals surface area contributed by atoms with Crippen molar-refractivity contribution >= 4 is 15.9 Å². The summed E-state index contributed by atoms with van der Waals surface area (Å²) in [4.78, 5) is 12.2. The first-order valence-electron chi connectivity index (χ1n) is 7.60. The Morgan fingerprint density at radius 3 is 2.87 bits per heavy atom. The minimum Gasteiger partial charge on any atom is -0.352 e. The highest BCUT2D eigenvalue weighted by Gasteiger charge is 2.29. The van der Waals surface area contributed by atoms with Crippen LogP contribution in [-0.4, -0.2) is 33.2 Å². The molecule has 1 amide bonds. The van der Waals surface area contributed by atoms with Crippen LogP contribution in [0.3, 0.4) is 0 Å². The van der Waals surface area contributed by atoms with Gasteiger partial charge in [0.05, 0.1) is 18.7 Å². The monoisotopic (exact) mass is 335 g/mol.